The molecule has 0 fully saturated rings. The fourth-order valence-electron chi connectivity index (χ4n) is 1.45. The second-order valence-electron chi connectivity index (χ2n) is 3.83. The summed E-state index contributed by atoms with van der Waals surface area (Å²) in [6.45, 7) is 3.52. The Kier molecular flexibility index (Phi) is 2.86. The Morgan fingerprint density at radius 1 is 1.35 bits per heavy atom. The quantitative estimate of drug-likeness (QED) is 0.862. The molecule has 0 aliphatic heterocycles. The molecule has 17 heavy (non-hydrogen) atoms. The normalized spacial score (nSPS) is 12.4. The summed E-state index contributed by atoms with van der Waals surface area (Å²) in [5, 5.41) is 20.0. The Balaban J connectivity index is 2.43. The molecule has 1 atom stereocenters. The highest BCUT2D eigenvalue weighted by atomic mass is 16.4. The number of hydrogen-bond acceptors (Lipinski definition) is 4. The minimum absolute atomic E-state index is 0.458. The van der Waals surface area contributed by atoms with Crippen LogP contribution in [0.1, 0.15) is 18.5 Å². The highest BCUT2D eigenvalue weighted by Crippen LogP contribution is 2.19. The average Bonchev–Trinajstić information content (AvgIpc) is 2.77. The van der Waals surface area contributed by atoms with Crippen LogP contribution in [-0.4, -0.2) is 31.3 Å². The van der Waals surface area contributed by atoms with Crippen LogP contribution in [0.25, 0.3) is 11.4 Å². The van der Waals surface area contributed by atoms with Gasteiger partial charge in [-0.15, -0.1) is 5.10 Å². The molecule has 0 aliphatic carbocycles. The Hall–Kier alpha value is -2.24. The van der Waals surface area contributed by atoms with E-state index in [2.05, 4.69) is 15.5 Å². The van der Waals surface area contributed by atoms with E-state index in [1.165, 1.54) is 11.6 Å². The number of carbonyl (C=O) groups is 1. The van der Waals surface area contributed by atoms with E-state index in [0.717, 1.165) is 11.1 Å². The molecule has 2 aromatic rings. The molecule has 1 aromatic heterocycles. The van der Waals surface area contributed by atoms with Gasteiger partial charge >= 0.3 is 5.97 Å². The van der Waals surface area contributed by atoms with Crippen LogP contribution < -0.4 is 0 Å². The summed E-state index contributed by atoms with van der Waals surface area (Å²) in [5.74, 6) is -0.509. The number of nitrogens with zero attached hydrogens (tertiary/aromatic N) is 4. The van der Waals surface area contributed by atoms with Gasteiger partial charge in [0.15, 0.2) is 11.9 Å². The molecule has 1 N–H and O–H groups in total. The summed E-state index contributed by atoms with van der Waals surface area (Å²) in [4.78, 5) is 10.9. The van der Waals surface area contributed by atoms with E-state index in [9.17, 15) is 4.79 Å². The van der Waals surface area contributed by atoms with Gasteiger partial charge in [0, 0.05) is 5.56 Å². The van der Waals surface area contributed by atoms with Gasteiger partial charge in [-0.25, -0.2) is 9.48 Å². The molecule has 0 aliphatic rings. The first-order valence-electron chi connectivity index (χ1n) is 5.17. The van der Waals surface area contributed by atoms with Crippen molar-refractivity contribution in [3.8, 4) is 11.4 Å². The monoisotopic (exact) mass is 232 g/mol. The maximum atomic E-state index is 10.9. The Bertz CT molecular complexity index is 533. The summed E-state index contributed by atoms with van der Waals surface area (Å²) < 4.78 is 1.30. The molecule has 1 heterocycles. The van der Waals surface area contributed by atoms with Gasteiger partial charge in [0.2, 0.25) is 0 Å². The summed E-state index contributed by atoms with van der Waals surface area (Å²) in [6, 6.07) is 6.80. The molecule has 0 spiro atoms. The van der Waals surface area contributed by atoms with Crippen molar-refractivity contribution in [2.24, 2.45) is 0 Å². The molecule has 1 unspecified atom stereocenters. The largest absolute Gasteiger partial charge is 0.480 e. The van der Waals surface area contributed by atoms with Crippen molar-refractivity contribution in [2.75, 3.05) is 0 Å². The lowest BCUT2D eigenvalue weighted by Gasteiger charge is -2.08. The predicted molar refractivity (Wildman–Crippen MR) is 60.3 cm³/mol. The first-order chi connectivity index (χ1) is 8.09. The third kappa shape index (κ3) is 2.15. The fourth-order valence-corrected chi connectivity index (χ4v) is 1.45. The maximum absolute atomic E-state index is 10.9. The van der Waals surface area contributed by atoms with E-state index >= 15 is 0 Å². The van der Waals surface area contributed by atoms with Crippen molar-refractivity contribution in [1.29, 1.82) is 0 Å². The Morgan fingerprint density at radius 2 is 2.00 bits per heavy atom. The first-order valence-corrected chi connectivity index (χ1v) is 5.17. The van der Waals surface area contributed by atoms with Crippen molar-refractivity contribution in [2.45, 2.75) is 19.9 Å². The zero-order chi connectivity index (χ0) is 12.4. The molecule has 0 saturated heterocycles. The van der Waals surface area contributed by atoms with E-state index in [1.54, 1.807) is 0 Å². The van der Waals surface area contributed by atoms with E-state index in [-0.39, 0.29) is 0 Å². The van der Waals surface area contributed by atoms with Crippen LogP contribution in [-0.2, 0) is 4.79 Å². The molecular formula is C11H12N4O2. The zero-order valence-corrected chi connectivity index (χ0v) is 9.53. The minimum atomic E-state index is -0.967. The van der Waals surface area contributed by atoms with Crippen LogP contribution in [0.15, 0.2) is 24.3 Å². The predicted octanol–water partition coefficient (Wildman–Crippen LogP) is 1.29. The number of rotatable bonds is 3. The van der Waals surface area contributed by atoms with Gasteiger partial charge < -0.3 is 5.11 Å². The molecular weight excluding hydrogens is 220 g/mol. The second kappa shape index (κ2) is 4.32. The molecule has 6 heteroatoms. The van der Waals surface area contributed by atoms with Crippen LogP contribution in [0, 0.1) is 6.92 Å². The number of benzene rings is 1. The van der Waals surface area contributed by atoms with Crippen molar-refractivity contribution in [3.63, 3.8) is 0 Å². The van der Waals surface area contributed by atoms with E-state index < -0.39 is 12.0 Å². The number of hydrogen-bond donors (Lipinski definition) is 1. The molecule has 0 radical (unpaired) electrons. The van der Waals surface area contributed by atoms with Crippen LogP contribution in [0.4, 0.5) is 0 Å². The summed E-state index contributed by atoms with van der Waals surface area (Å²) in [5.41, 5.74) is 1.92. The van der Waals surface area contributed by atoms with Crippen molar-refractivity contribution < 1.29 is 9.90 Å². The maximum Gasteiger partial charge on any atom is 0.328 e. The average molecular weight is 232 g/mol. The molecule has 88 valence electrons. The Morgan fingerprint density at radius 3 is 2.59 bits per heavy atom. The van der Waals surface area contributed by atoms with Crippen LogP contribution >= 0.6 is 0 Å². The van der Waals surface area contributed by atoms with Crippen LogP contribution in [0.2, 0.25) is 0 Å². The summed E-state index contributed by atoms with van der Waals surface area (Å²) in [6.07, 6.45) is 0. The van der Waals surface area contributed by atoms with E-state index in [1.807, 2.05) is 31.2 Å². The van der Waals surface area contributed by atoms with Crippen LogP contribution in [0.5, 0.6) is 0 Å². The molecule has 0 bridgehead atoms. The van der Waals surface area contributed by atoms with Gasteiger partial charge in [0.1, 0.15) is 0 Å². The van der Waals surface area contributed by atoms with Gasteiger partial charge in [-0.1, -0.05) is 29.8 Å². The number of carboxylic acids is 1. The second-order valence-corrected chi connectivity index (χ2v) is 3.83. The smallest absolute Gasteiger partial charge is 0.328 e. The lowest BCUT2D eigenvalue weighted by Crippen LogP contribution is -2.18. The van der Waals surface area contributed by atoms with Gasteiger partial charge in [0.25, 0.3) is 0 Å². The topological polar surface area (TPSA) is 80.9 Å². The number of carboxylic acid groups (broad SMARTS) is 1. The molecule has 1 aromatic carbocycles. The Labute approximate surface area is 97.9 Å². The standard InChI is InChI=1S/C11H12N4O2/c1-7-3-5-9(6-4-7)10-12-13-14-15(10)8(2)11(16)17/h3-6,8H,1-2H3,(H,16,17). The zero-order valence-electron chi connectivity index (χ0n) is 9.53. The van der Waals surface area contributed by atoms with E-state index in [0.29, 0.717) is 5.82 Å². The number of aliphatic carboxylic acids is 1. The van der Waals surface area contributed by atoms with E-state index in [4.69, 9.17) is 5.11 Å². The van der Waals surface area contributed by atoms with Gasteiger partial charge in [-0.05, 0) is 24.3 Å². The fraction of sp³-hybridized carbons (Fsp3) is 0.273. The molecule has 6 nitrogen and oxygen atoms in total. The SMILES string of the molecule is Cc1ccc(-c2nnnn2C(C)C(=O)O)cc1. The van der Waals surface area contributed by atoms with Gasteiger partial charge in [-0.2, -0.15) is 0 Å². The number of aryl methyl sites for hydroxylation is 1. The lowest BCUT2D eigenvalue weighted by molar-refractivity contribution is -0.140. The van der Waals surface area contributed by atoms with Gasteiger partial charge in [-0.3, -0.25) is 0 Å². The van der Waals surface area contributed by atoms with Crippen molar-refractivity contribution >= 4 is 5.97 Å². The molecule has 0 amide bonds. The highest BCUT2D eigenvalue weighted by molar-refractivity contribution is 5.72. The lowest BCUT2D eigenvalue weighted by atomic mass is 10.1. The molecule has 2 rings (SSSR count). The first kappa shape index (κ1) is 11.3. The number of tetrazole rings is 1. The third-order valence-electron chi connectivity index (χ3n) is 2.53. The molecule has 0 saturated carbocycles. The van der Waals surface area contributed by atoms with Gasteiger partial charge in [0.05, 0.1) is 0 Å². The van der Waals surface area contributed by atoms with Crippen molar-refractivity contribution in [3.05, 3.63) is 29.8 Å². The van der Waals surface area contributed by atoms with Crippen molar-refractivity contribution in [1.82, 2.24) is 20.2 Å². The number of aromatic nitrogens is 4. The van der Waals surface area contributed by atoms with Crippen LogP contribution in [0.3, 0.4) is 0 Å². The summed E-state index contributed by atoms with van der Waals surface area (Å²) >= 11 is 0. The summed E-state index contributed by atoms with van der Waals surface area (Å²) in [7, 11) is 0. The highest BCUT2D eigenvalue weighted by Gasteiger charge is 2.19. The third-order valence-corrected chi connectivity index (χ3v) is 2.53. The minimum Gasteiger partial charge on any atom is -0.480 e.